The van der Waals surface area contributed by atoms with E-state index < -0.39 is 11.6 Å². The number of amides is 1. The van der Waals surface area contributed by atoms with Crippen molar-refractivity contribution in [2.45, 2.75) is 51.7 Å². The van der Waals surface area contributed by atoms with Crippen LogP contribution in [0.15, 0.2) is 4.52 Å². The molecule has 1 aromatic heterocycles. The van der Waals surface area contributed by atoms with Crippen LogP contribution in [-0.2, 0) is 16.9 Å². The van der Waals surface area contributed by atoms with Gasteiger partial charge in [0.1, 0.15) is 0 Å². The van der Waals surface area contributed by atoms with E-state index in [0.717, 1.165) is 6.42 Å². The Hall–Kier alpha value is -1.47. The molecular weight excluding hydrogens is 258 g/mol. The molecule has 7 heteroatoms. The first-order valence-corrected chi connectivity index (χ1v) is 6.81. The fourth-order valence-electron chi connectivity index (χ4n) is 1.74. The van der Waals surface area contributed by atoms with Gasteiger partial charge in [0.2, 0.25) is 11.8 Å². The summed E-state index contributed by atoms with van der Waals surface area (Å²) in [6.45, 7) is 6.21. The summed E-state index contributed by atoms with van der Waals surface area (Å²) in [6.07, 6.45) is 1.52. The first-order chi connectivity index (χ1) is 9.26. The third-order valence-corrected chi connectivity index (χ3v) is 2.85. The molecule has 0 saturated heterocycles. The van der Waals surface area contributed by atoms with Crippen molar-refractivity contribution in [2.24, 2.45) is 5.73 Å². The van der Waals surface area contributed by atoms with Crippen LogP contribution in [0.25, 0.3) is 0 Å². The van der Waals surface area contributed by atoms with Crippen molar-refractivity contribution in [1.29, 1.82) is 0 Å². The second-order valence-corrected chi connectivity index (χ2v) is 5.76. The van der Waals surface area contributed by atoms with Crippen LogP contribution < -0.4 is 11.1 Å². The second kappa shape index (κ2) is 6.81. The van der Waals surface area contributed by atoms with E-state index in [1.54, 1.807) is 0 Å². The average Bonchev–Trinajstić information content (AvgIpc) is 2.77. The molecule has 1 atom stereocenters. The summed E-state index contributed by atoms with van der Waals surface area (Å²) in [5.41, 5.74) is 5.09. The highest BCUT2D eigenvalue weighted by atomic mass is 16.5. The molecule has 0 aliphatic rings. The Balaban J connectivity index is 2.72. The number of nitrogens with two attached hydrogens (primary N) is 1. The van der Waals surface area contributed by atoms with Gasteiger partial charge in [-0.3, -0.25) is 4.79 Å². The molecule has 114 valence electrons. The van der Waals surface area contributed by atoms with Crippen LogP contribution in [0.3, 0.4) is 0 Å². The van der Waals surface area contributed by atoms with Gasteiger partial charge in [-0.05, 0) is 34.4 Å². The number of carbonyl (C=O) groups is 1. The van der Waals surface area contributed by atoms with Crippen molar-refractivity contribution in [2.75, 3.05) is 14.1 Å². The highest BCUT2D eigenvalue weighted by Crippen LogP contribution is 2.17. The molecule has 0 radical (unpaired) electrons. The maximum absolute atomic E-state index is 12.0. The molecule has 1 rings (SSSR count). The van der Waals surface area contributed by atoms with E-state index in [0.29, 0.717) is 24.7 Å². The topological polar surface area (TPSA) is 97.3 Å². The number of hydrogen-bond acceptors (Lipinski definition) is 6. The maximum atomic E-state index is 12.0. The SMILES string of the molecule is CCCC(N)C(=O)NC(C)(C)c1noc(CN(C)C)n1. The normalized spacial score (nSPS) is 13.6. The van der Waals surface area contributed by atoms with E-state index in [4.69, 9.17) is 10.3 Å². The summed E-state index contributed by atoms with van der Waals surface area (Å²) in [5.74, 6) is 0.771. The Bertz CT molecular complexity index is 442. The highest BCUT2D eigenvalue weighted by molar-refractivity contribution is 5.82. The summed E-state index contributed by atoms with van der Waals surface area (Å²) >= 11 is 0. The van der Waals surface area contributed by atoms with Gasteiger partial charge in [0.05, 0.1) is 18.1 Å². The fourth-order valence-corrected chi connectivity index (χ4v) is 1.74. The van der Waals surface area contributed by atoms with Crippen LogP contribution in [0.5, 0.6) is 0 Å². The molecule has 0 fully saturated rings. The van der Waals surface area contributed by atoms with Crippen LogP contribution in [0.2, 0.25) is 0 Å². The summed E-state index contributed by atoms with van der Waals surface area (Å²) < 4.78 is 5.17. The molecule has 0 aromatic carbocycles. The zero-order valence-electron chi connectivity index (χ0n) is 12.9. The highest BCUT2D eigenvalue weighted by Gasteiger charge is 2.30. The van der Waals surface area contributed by atoms with Crippen LogP contribution in [0.4, 0.5) is 0 Å². The van der Waals surface area contributed by atoms with Gasteiger partial charge in [0, 0.05) is 0 Å². The average molecular weight is 283 g/mol. The smallest absolute Gasteiger partial charge is 0.240 e. The summed E-state index contributed by atoms with van der Waals surface area (Å²) in [4.78, 5) is 18.2. The Morgan fingerprint density at radius 3 is 2.70 bits per heavy atom. The van der Waals surface area contributed by atoms with Crippen molar-refractivity contribution in [1.82, 2.24) is 20.4 Å². The van der Waals surface area contributed by atoms with Gasteiger partial charge < -0.3 is 20.5 Å². The van der Waals surface area contributed by atoms with Gasteiger partial charge in [0.15, 0.2) is 5.82 Å². The van der Waals surface area contributed by atoms with E-state index in [2.05, 4.69) is 15.5 Å². The quantitative estimate of drug-likeness (QED) is 0.761. The van der Waals surface area contributed by atoms with Crippen molar-refractivity contribution < 1.29 is 9.32 Å². The minimum atomic E-state index is -0.712. The summed E-state index contributed by atoms with van der Waals surface area (Å²) in [6, 6.07) is -0.507. The molecule has 1 heterocycles. The third-order valence-electron chi connectivity index (χ3n) is 2.85. The molecule has 0 aliphatic heterocycles. The second-order valence-electron chi connectivity index (χ2n) is 5.76. The predicted octanol–water partition coefficient (Wildman–Crippen LogP) is 0.610. The van der Waals surface area contributed by atoms with E-state index in [9.17, 15) is 4.79 Å². The molecular formula is C13H25N5O2. The van der Waals surface area contributed by atoms with E-state index in [-0.39, 0.29) is 5.91 Å². The van der Waals surface area contributed by atoms with Crippen molar-refractivity contribution in [3.63, 3.8) is 0 Å². The number of nitrogens with one attached hydrogen (secondary N) is 1. The molecule has 0 saturated carbocycles. The van der Waals surface area contributed by atoms with Crippen LogP contribution in [-0.4, -0.2) is 41.1 Å². The standard InChI is InChI=1S/C13H25N5O2/c1-6-7-9(14)11(19)16-13(2,3)12-15-10(20-17-12)8-18(4)5/h9H,6-8,14H2,1-5H3,(H,16,19). The fraction of sp³-hybridized carbons (Fsp3) is 0.769. The molecule has 0 spiro atoms. The van der Waals surface area contributed by atoms with Gasteiger partial charge in [-0.1, -0.05) is 18.5 Å². The molecule has 20 heavy (non-hydrogen) atoms. The van der Waals surface area contributed by atoms with Crippen LogP contribution in [0, 0.1) is 0 Å². The van der Waals surface area contributed by atoms with E-state index in [1.807, 2.05) is 39.8 Å². The van der Waals surface area contributed by atoms with Crippen molar-refractivity contribution in [3.8, 4) is 0 Å². The number of carbonyl (C=O) groups excluding carboxylic acids is 1. The third kappa shape index (κ3) is 4.57. The van der Waals surface area contributed by atoms with Gasteiger partial charge in [-0.25, -0.2) is 0 Å². The minimum Gasteiger partial charge on any atom is -0.342 e. The van der Waals surface area contributed by atoms with E-state index in [1.165, 1.54) is 0 Å². The minimum absolute atomic E-state index is 0.198. The predicted molar refractivity (Wildman–Crippen MR) is 75.7 cm³/mol. The van der Waals surface area contributed by atoms with Gasteiger partial charge in [-0.15, -0.1) is 0 Å². The van der Waals surface area contributed by atoms with Crippen LogP contribution in [0.1, 0.15) is 45.3 Å². The zero-order valence-corrected chi connectivity index (χ0v) is 12.9. The lowest BCUT2D eigenvalue weighted by atomic mass is 10.0. The lowest BCUT2D eigenvalue weighted by Gasteiger charge is -2.24. The molecule has 1 unspecified atom stereocenters. The van der Waals surface area contributed by atoms with Crippen molar-refractivity contribution in [3.05, 3.63) is 11.7 Å². The Labute approximate surface area is 119 Å². The number of nitrogens with zero attached hydrogens (tertiary/aromatic N) is 3. The first-order valence-electron chi connectivity index (χ1n) is 6.81. The largest absolute Gasteiger partial charge is 0.342 e. The van der Waals surface area contributed by atoms with Gasteiger partial charge >= 0.3 is 0 Å². The first kappa shape index (κ1) is 16.6. The zero-order chi connectivity index (χ0) is 15.3. The van der Waals surface area contributed by atoms with Crippen LogP contribution >= 0.6 is 0 Å². The van der Waals surface area contributed by atoms with Gasteiger partial charge in [0.25, 0.3) is 0 Å². The molecule has 1 aromatic rings. The molecule has 0 aliphatic carbocycles. The number of rotatable bonds is 7. The monoisotopic (exact) mass is 283 g/mol. The number of aromatic nitrogens is 2. The van der Waals surface area contributed by atoms with Crippen molar-refractivity contribution >= 4 is 5.91 Å². The molecule has 0 bridgehead atoms. The maximum Gasteiger partial charge on any atom is 0.240 e. The summed E-state index contributed by atoms with van der Waals surface area (Å²) in [7, 11) is 3.83. The lowest BCUT2D eigenvalue weighted by molar-refractivity contribution is -0.124. The van der Waals surface area contributed by atoms with Gasteiger partial charge in [-0.2, -0.15) is 4.98 Å². The molecule has 3 N–H and O–H groups in total. The number of hydrogen-bond donors (Lipinski definition) is 2. The lowest BCUT2D eigenvalue weighted by Crippen LogP contribution is -2.49. The summed E-state index contributed by atoms with van der Waals surface area (Å²) in [5, 5.41) is 6.79. The Morgan fingerprint density at radius 2 is 2.15 bits per heavy atom. The van der Waals surface area contributed by atoms with E-state index >= 15 is 0 Å². The molecule has 1 amide bonds. The Morgan fingerprint density at radius 1 is 1.50 bits per heavy atom. The molecule has 7 nitrogen and oxygen atoms in total. The Kier molecular flexibility index (Phi) is 5.64.